The van der Waals surface area contributed by atoms with E-state index < -0.39 is 0 Å². The molecule has 0 bridgehead atoms. The van der Waals surface area contributed by atoms with E-state index in [0.717, 1.165) is 23.6 Å². The Morgan fingerprint density at radius 3 is 2.82 bits per heavy atom. The van der Waals surface area contributed by atoms with Crippen molar-refractivity contribution in [2.24, 2.45) is 5.92 Å². The van der Waals surface area contributed by atoms with Crippen LogP contribution in [0.2, 0.25) is 0 Å². The molecule has 1 aromatic carbocycles. The van der Waals surface area contributed by atoms with Crippen LogP contribution in [0.4, 0.5) is 0 Å². The van der Waals surface area contributed by atoms with Crippen LogP contribution < -0.4 is 5.32 Å². The van der Waals surface area contributed by atoms with Crippen LogP contribution in [0.25, 0.3) is 0 Å². The molecule has 0 saturated heterocycles. The van der Waals surface area contributed by atoms with Crippen molar-refractivity contribution in [3.63, 3.8) is 0 Å². The predicted octanol–water partition coefficient (Wildman–Crippen LogP) is 3.54. The summed E-state index contributed by atoms with van der Waals surface area (Å²) >= 11 is 0. The van der Waals surface area contributed by atoms with Gasteiger partial charge >= 0.3 is 0 Å². The first-order chi connectivity index (χ1) is 8.16. The summed E-state index contributed by atoms with van der Waals surface area (Å²) in [5.74, 6) is 1.42. The molecule has 1 aromatic rings. The Balaban J connectivity index is 1.78. The van der Waals surface area contributed by atoms with Gasteiger partial charge in [-0.1, -0.05) is 25.0 Å². The minimum Gasteiger partial charge on any atom is -0.508 e. The fourth-order valence-corrected chi connectivity index (χ4v) is 2.25. The van der Waals surface area contributed by atoms with Gasteiger partial charge < -0.3 is 10.4 Å². The standard InChI is InChI=1S/C15H23NO/c1-11-5-8-14(15(17)10-11)12(2)16-9-3-4-13-6-7-13/h5,8,10,12-13,16-17H,3-4,6-7,9H2,1-2H3. The third kappa shape index (κ3) is 3.74. The second-order valence-electron chi connectivity index (χ2n) is 5.32. The van der Waals surface area contributed by atoms with E-state index in [2.05, 4.69) is 18.3 Å². The molecular formula is C15H23NO. The van der Waals surface area contributed by atoms with Crippen LogP contribution in [0.15, 0.2) is 18.2 Å². The molecule has 2 rings (SSSR count). The molecule has 0 aliphatic heterocycles. The van der Waals surface area contributed by atoms with Gasteiger partial charge in [-0.3, -0.25) is 0 Å². The summed E-state index contributed by atoms with van der Waals surface area (Å²) in [5, 5.41) is 13.4. The third-order valence-corrected chi connectivity index (χ3v) is 3.59. The third-order valence-electron chi connectivity index (χ3n) is 3.59. The summed E-state index contributed by atoms with van der Waals surface area (Å²) in [6.07, 6.45) is 5.49. The van der Waals surface area contributed by atoms with Gasteiger partial charge in [-0.15, -0.1) is 0 Å². The zero-order chi connectivity index (χ0) is 12.3. The Kier molecular flexibility index (Phi) is 4.06. The van der Waals surface area contributed by atoms with Crippen molar-refractivity contribution >= 4 is 0 Å². The second kappa shape index (κ2) is 5.54. The Bertz CT molecular complexity index is 371. The van der Waals surface area contributed by atoms with Gasteiger partial charge in [0.15, 0.2) is 0 Å². The molecule has 2 nitrogen and oxygen atoms in total. The van der Waals surface area contributed by atoms with Crippen LogP contribution in [0.1, 0.15) is 49.8 Å². The number of rotatable bonds is 6. The summed E-state index contributed by atoms with van der Waals surface area (Å²) in [7, 11) is 0. The van der Waals surface area contributed by atoms with E-state index in [1.165, 1.54) is 25.7 Å². The maximum Gasteiger partial charge on any atom is 0.120 e. The second-order valence-corrected chi connectivity index (χ2v) is 5.32. The van der Waals surface area contributed by atoms with Crippen molar-refractivity contribution in [2.75, 3.05) is 6.54 Å². The minimum atomic E-state index is 0.231. The van der Waals surface area contributed by atoms with Gasteiger partial charge in [-0.25, -0.2) is 0 Å². The fourth-order valence-electron chi connectivity index (χ4n) is 2.25. The number of phenols is 1. The summed E-state index contributed by atoms with van der Waals surface area (Å²) in [6.45, 7) is 5.16. The van der Waals surface area contributed by atoms with Gasteiger partial charge in [-0.05, 0) is 50.8 Å². The number of aromatic hydroxyl groups is 1. The first kappa shape index (κ1) is 12.4. The summed E-state index contributed by atoms with van der Waals surface area (Å²) < 4.78 is 0. The van der Waals surface area contributed by atoms with Crippen LogP contribution in [0.3, 0.4) is 0 Å². The average Bonchev–Trinajstić information content (AvgIpc) is 3.08. The number of aryl methyl sites for hydroxylation is 1. The van der Waals surface area contributed by atoms with Crippen molar-refractivity contribution in [1.29, 1.82) is 0 Å². The normalized spacial score (nSPS) is 17.1. The molecule has 1 unspecified atom stereocenters. The maximum absolute atomic E-state index is 9.88. The number of hydrogen-bond donors (Lipinski definition) is 2. The van der Waals surface area contributed by atoms with Gasteiger partial charge in [0.2, 0.25) is 0 Å². The minimum absolute atomic E-state index is 0.231. The van der Waals surface area contributed by atoms with Crippen molar-refractivity contribution in [3.8, 4) is 5.75 Å². The number of nitrogens with one attached hydrogen (secondary N) is 1. The highest BCUT2D eigenvalue weighted by atomic mass is 16.3. The molecule has 0 heterocycles. The molecule has 1 aliphatic rings. The number of phenolic OH excluding ortho intramolecular Hbond substituents is 1. The van der Waals surface area contributed by atoms with Crippen molar-refractivity contribution in [1.82, 2.24) is 5.32 Å². The molecule has 0 radical (unpaired) electrons. The van der Waals surface area contributed by atoms with Crippen LogP contribution in [0, 0.1) is 12.8 Å². The van der Waals surface area contributed by atoms with E-state index in [1.54, 1.807) is 0 Å². The lowest BCUT2D eigenvalue weighted by Gasteiger charge is -2.16. The van der Waals surface area contributed by atoms with E-state index in [-0.39, 0.29) is 6.04 Å². The highest BCUT2D eigenvalue weighted by Crippen LogP contribution is 2.33. The van der Waals surface area contributed by atoms with Gasteiger partial charge in [0, 0.05) is 11.6 Å². The SMILES string of the molecule is Cc1ccc(C(C)NCCCC2CC2)c(O)c1. The monoisotopic (exact) mass is 233 g/mol. The molecule has 2 heteroatoms. The van der Waals surface area contributed by atoms with Crippen LogP contribution in [-0.4, -0.2) is 11.7 Å². The quantitative estimate of drug-likeness (QED) is 0.737. The molecule has 2 N–H and O–H groups in total. The van der Waals surface area contributed by atoms with Gasteiger partial charge in [-0.2, -0.15) is 0 Å². The summed E-state index contributed by atoms with van der Waals surface area (Å²) in [4.78, 5) is 0. The lowest BCUT2D eigenvalue weighted by molar-refractivity contribution is 0.449. The smallest absolute Gasteiger partial charge is 0.120 e. The van der Waals surface area contributed by atoms with E-state index in [4.69, 9.17) is 0 Å². The average molecular weight is 233 g/mol. The Labute approximate surface area is 104 Å². The molecule has 1 atom stereocenters. The summed E-state index contributed by atoms with van der Waals surface area (Å²) in [5.41, 5.74) is 2.11. The predicted molar refractivity (Wildman–Crippen MR) is 71.2 cm³/mol. The maximum atomic E-state index is 9.88. The van der Waals surface area contributed by atoms with Crippen molar-refractivity contribution in [2.45, 2.75) is 45.6 Å². The van der Waals surface area contributed by atoms with Crippen LogP contribution >= 0.6 is 0 Å². The molecule has 94 valence electrons. The highest BCUT2D eigenvalue weighted by Gasteiger charge is 2.20. The van der Waals surface area contributed by atoms with Crippen LogP contribution in [0.5, 0.6) is 5.75 Å². The molecule has 0 aromatic heterocycles. The first-order valence-electron chi connectivity index (χ1n) is 6.69. The first-order valence-corrected chi connectivity index (χ1v) is 6.69. The number of hydrogen-bond acceptors (Lipinski definition) is 2. The zero-order valence-corrected chi connectivity index (χ0v) is 10.9. The Morgan fingerprint density at radius 2 is 2.18 bits per heavy atom. The number of benzene rings is 1. The van der Waals surface area contributed by atoms with E-state index in [9.17, 15) is 5.11 Å². The van der Waals surface area contributed by atoms with Crippen molar-refractivity contribution < 1.29 is 5.11 Å². The fraction of sp³-hybridized carbons (Fsp3) is 0.600. The summed E-state index contributed by atoms with van der Waals surface area (Å²) in [6, 6.07) is 6.13. The molecule has 17 heavy (non-hydrogen) atoms. The van der Waals surface area contributed by atoms with E-state index >= 15 is 0 Å². The Morgan fingerprint density at radius 1 is 1.41 bits per heavy atom. The Hall–Kier alpha value is -1.02. The highest BCUT2D eigenvalue weighted by molar-refractivity contribution is 5.37. The topological polar surface area (TPSA) is 32.3 Å². The molecule has 1 aliphatic carbocycles. The molecule has 0 amide bonds. The van der Waals surface area contributed by atoms with Gasteiger partial charge in [0.05, 0.1) is 0 Å². The van der Waals surface area contributed by atoms with Gasteiger partial charge in [0.1, 0.15) is 5.75 Å². The zero-order valence-electron chi connectivity index (χ0n) is 10.9. The van der Waals surface area contributed by atoms with Crippen LogP contribution in [-0.2, 0) is 0 Å². The molecule has 0 spiro atoms. The van der Waals surface area contributed by atoms with E-state index in [0.29, 0.717) is 5.75 Å². The molecular weight excluding hydrogens is 210 g/mol. The van der Waals surface area contributed by atoms with Crippen molar-refractivity contribution in [3.05, 3.63) is 29.3 Å². The molecule has 1 saturated carbocycles. The van der Waals surface area contributed by atoms with E-state index in [1.807, 2.05) is 19.1 Å². The largest absolute Gasteiger partial charge is 0.508 e. The van der Waals surface area contributed by atoms with Gasteiger partial charge in [0.25, 0.3) is 0 Å². The lowest BCUT2D eigenvalue weighted by atomic mass is 10.0. The lowest BCUT2D eigenvalue weighted by Crippen LogP contribution is -2.20. The molecule has 1 fully saturated rings.